The highest BCUT2D eigenvalue weighted by molar-refractivity contribution is 8.02. The molecular formula is C23H23N9O7S5. The zero-order chi connectivity index (χ0) is 32.3. The van der Waals surface area contributed by atoms with Crippen LogP contribution in [-0.2, 0) is 24.0 Å². The van der Waals surface area contributed by atoms with Gasteiger partial charge in [0, 0.05) is 16.9 Å². The van der Waals surface area contributed by atoms with Gasteiger partial charge in [0.1, 0.15) is 45.3 Å². The van der Waals surface area contributed by atoms with E-state index in [1.165, 1.54) is 42.8 Å². The zero-order valence-corrected chi connectivity index (χ0v) is 26.8. The summed E-state index contributed by atoms with van der Waals surface area (Å²) in [6.45, 7) is 2.46. The maximum atomic E-state index is 13.2. The van der Waals surface area contributed by atoms with Gasteiger partial charge in [-0.1, -0.05) is 16.9 Å². The van der Waals surface area contributed by atoms with Gasteiger partial charge in [-0.3, -0.25) is 19.9 Å². The quantitative estimate of drug-likeness (QED) is 0.0564. The highest BCUT2D eigenvalue weighted by Gasteiger charge is 2.54. The first-order valence-corrected chi connectivity index (χ1v) is 16.8. The maximum absolute atomic E-state index is 13.2. The number of aromatic nitrogens is 2. The van der Waals surface area contributed by atoms with Gasteiger partial charge in [-0.25, -0.2) is 14.6 Å². The maximum Gasteiger partial charge on any atom is 0.352 e. The smallest absolute Gasteiger partial charge is 0.352 e. The molecule has 2 aliphatic heterocycles. The van der Waals surface area contributed by atoms with Gasteiger partial charge in [0.2, 0.25) is 5.60 Å². The highest BCUT2D eigenvalue weighted by atomic mass is 32.2. The molecular weight excluding hydrogens is 675 g/mol. The number of amides is 2. The van der Waals surface area contributed by atoms with Crippen molar-refractivity contribution in [2.75, 3.05) is 23.0 Å². The lowest BCUT2D eigenvalue weighted by Crippen LogP contribution is -2.71. The SMILES string of the molecule is CC(C)(O/N=C(\C(=O)N[C@@H]1C(=O)N2C(C(=O)O)=C(CSc3snc(SCC(=N)N)c3C#N)CS[C@H]12)c1csc(N)n1)C(=O)O. The molecule has 0 aliphatic carbocycles. The standard InChI is InChI=1S/C23H23N9O7S5/c1-23(2,21(37)38)39-30-12(10-6-43-22(27)28-10)15(33)29-13-17(34)32-14(19(35)36)8(4-41-18(13)32)5-42-20-9(3-24)16(31-44-20)40-7-11(25)26/h6,13,18H,4-5,7H2,1-2H3,(H3,25,26)(H2,27,28)(H,29,33)(H,35,36)(H,37,38)/b30-12-/t13-,18-/m1/s1. The van der Waals surface area contributed by atoms with Crippen LogP contribution in [0.4, 0.5) is 5.13 Å². The molecule has 2 aromatic rings. The highest BCUT2D eigenvalue weighted by Crippen LogP contribution is 2.43. The van der Waals surface area contributed by atoms with E-state index in [1.54, 1.807) is 0 Å². The first kappa shape index (κ1) is 33.1. The Hall–Kier alpha value is -3.84. The van der Waals surface area contributed by atoms with Crippen molar-refractivity contribution in [3.8, 4) is 6.07 Å². The number of nitrogen functional groups attached to an aromatic ring is 1. The number of rotatable bonds is 13. The molecule has 8 N–H and O–H groups in total. The number of carboxylic acids is 2. The summed E-state index contributed by atoms with van der Waals surface area (Å²) >= 11 is 5.69. The monoisotopic (exact) mass is 697 g/mol. The Morgan fingerprint density at radius 2 is 2.09 bits per heavy atom. The number of carbonyl (C=O) groups is 4. The Balaban J connectivity index is 1.50. The predicted molar refractivity (Wildman–Crippen MR) is 166 cm³/mol. The average molecular weight is 698 g/mol. The minimum Gasteiger partial charge on any atom is -0.478 e. The van der Waals surface area contributed by atoms with Crippen molar-refractivity contribution in [3.05, 3.63) is 27.9 Å². The molecule has 2 atom stereocenters. The molecule has 0 saturated carbocycles. The van der Waals surface area contributed by atoms with Gasteiger partial charge in [0.05, 0.1) is 9.96 Å². The Kier molecular flexibility index (Phi) is 10.1. The van der Waals surface area contributed by atoms with Crippen molar-refractivity contribution in [3.63, 3.8) is 0 Å². The Morgan fingerprint density at radius 1 is 1.36 bits per heavy atom. The van der Waals surface area contributed by atoms with Crippen molar-refractivity contribution < 1.29 is 34.2 Å². The number of hydrogen-bond acceptors (Lipinski definition) is 16. The number of amidine groups is 1. The number of nitrogens with zero attached hydrogens (tertiary/aromatic N) is 5. The number of anilines is 1. The number of β-lactam (4-membered cyclic amide) rings is 1. The molecule has 2 aliphatic rings. The van der Waals surface area contributed by atoms with E-state index in [0.717, 1.165) is 39.5 Å². The third-order valence-electron chi connectivity index (χ3n) is 5.88. The van der Waals surface area contributed by atoms with Crippen LogP contribution in [0.25, 0.3) is 0 Å². The van der Waals surface area contributed by atoms with Crippen LogP contribution in [0, 0.1) is 16.7 Å². The minimum atomic E-state index is -1.78. The molecule has 4 rings (SSSR count). The molecule has 0 bridgehead atoms. The molecule has 0 aromatic carbocycles. The summed E-state index contributed by atoms with van der Waals surface area (Å²) in [7, 11) is 0. The lowest BCUT2D eigenvalue weighted by Gasteiger charge is -2.49. The predicted octanol–water partition coefficient (Wildman–Crippen LogP) is 1.20. The number of oxime groups is 1. The van der Waals surface area contributed by atoms with Crippen LogP contribution in [0.5, 0.6) is 0 Å². The first-order chi connectivity index (χ1) is 20.7. The molecule has 232 valence electrons. The molecule has 0 spiro atoms. The minimum absolute atomic E-state index is 0.000738. The van der Waals surface area contributed by atoms with Gasteiger partial charge in [-0.05, 0) is 31.0 Å². The number of thiazole rings is 1. The second-order valence-electron chi connectivity index (χ2n) is 9.40. The molecule has 0 unspecified atom stereocenters. The van der Waals surface area contributed by atoms with E-state index in [2.05, 4.69) is 25.9 Å². The van der Waals surface area contributed by atoms with E-state index in [0.29, 0.717) is 20.4 Å². The zero-order valence-electron chi connectivity index (χ0n) is 22.7. The van der Waals surface area contributed by atoms with E-state index < -0.39 is 46.5 Å². The number of hydrogen-bond donors (Lipinski definition) is 6. The lowest BCUT2D eigenvalue weighted by atomic mass is 10.0. The summed E-state index contributed by atoms with van der Waals surface area (Å²) in [5.74, 6) is -3.74. The number of carboxylic acid groups (broad SMARTS) is 2. The van der Waals surface area contributed by atoms with Crippen LogP contribution in [0.15, 0.2) is 31.0 Å². The normalized spacial score (nSPS) is 18.2. The molecule has 1 saturated heterocycles. The third kappa shape index (κ3) is 6.94. The van der Waals surface area contributed by atoms with Crippen LogP contribution in [0.2, 0.25) is 0 Å². The Morgan fingerprint density at radius 3 is 2.68 bits per heavy atom. The summed E-state index contributed by atoms with van der Waals surface area (Å²) in [4.78, 5) is 60.4. The van der Waals surface area contributed by atoms with Crippen LogP contribution >= 0.6 is 58.2 Å². The van der Waals surface area contributed by atoms with E-state index in [-0.39, 0.29) is 39.6 Å². The van der Waals surface area contributed by atoms with Gasteiger partial charge < -0.3 is 31.8 Å². The van der Waals surface area contributed by atoms with Crippen LogP contribution in [-0.4, -0.2) is 94.0 Å². The van der Waals surface area contributed by atoms with Crippen LogP contribution < -0.4 is 16.8 Å². The fraction of sp³-hybridized carbons (Fsp3) is 0.348. The van der Waals surface area contributed by atoms with Gasteiger partial charge in [-0.15, -0.1) is 34.9 Å². The van der Waals surface area contributed by atoms with Gasteiger partial charge in [0.25, 0.3) is 11.8 Å². The summed E-state index contributed by atoms with van der Waals surface area (Å²) in [5, 5.41) is 43.8. The Labute approximate surface area is 269 Å². The third-order valence-corrected chi connectivity index (χ3v) is 11.2. The molecule has 4 heterocycles. The lowest BCUT2D eigenvalue weighted by molar-refractivity contribution is -0.161. The topological polar surface area (TPSA) is 271 Å². The van der Waals surface area contributed by atoms with Crippen molar-refractivity contribution in [1.82, 2.24) is 19.6 Å². The number of nitriles is 1. The molecule has 0 radical (unpaired) electrons. The second-order valence-corrected chi connectivity index (χ2v) is 14.4. The number of aliphatic carboxylic acids is 2. The number of thioether (sulfide) groups is 3. The van der Waals surface area contributed by atoms with Gasteiger partial charge >= 0.3 is 11.9 Å². The summed E-state index contributed by atoms with van der Waals surface area (Å²) < 4.78 is 4.81. The summed E-state index contributed by atoms with van der Waals surface area (Å²) in [6, 6.07) is 0.973. The molecule has 2 amide bonds. The van der Waals surface area contributed by atoms with Crippen molar-refractivity contribution in [2.24, 2.45) is 10.9 Å². The Bertz CT molecular complexity index is 1640. The summed E-state index contributed by atoms with van der Waals surface area (Å²) in [6.07, 6.45) is 0. The van der Waals surface area contributed by atoms with Crippen molar-refractivity contribution in [1.29, 1.82) is 10.7 Å². The van der Waals surface area contributed by atoms with Crippen molar-refractivity contribution >= 4 is 98.6 Å². The number of fused-ring (bicyclic) bond motifs is 1. The number of carbonyl (C=O) groups excluding carboxylic acids is 2. The van der Waals surface area contributed by atoms with E-state index in [1.807, 2.05) is 0 Å². The largest absolute Gasteiger partial charge is 0.478 e. The fourth-order valence-electron chi connectivity index (χ4n) is 3.65. The van der Waals surface area contributed by atoms with Gasteiger partial charge in [0.15, 0.2) is 10.8 Å². The fourth-order valence-corrected chi connectivity index (χ4v) is 8.53. The molecule has 16 nitrogen and oxygen atoms in total. The summed E-state index contributed by atoms with van der Waals surface area (Å²) in [5.41, 5.74) is 9.42. The van der Waals surface area contributed by atoms with E-state index in [4.69, 9.17) is 21.7 Å². The first-order valence-electron chi connectivity index (χ1n) is 12.1. The van der Waals surface area contributed by atoms with Crippen molar-refractivity contribution in [2.45, 2.75) is 40.1 Å². The van der Waals surface area contributed by atoms with E-state index >= 15 is 0 Å². The number of nitrogens with two attached hydrogens (primary N) is 2. The van der Waals surface area contributed by atoms with Crippen LogP contribution in [0.1, 0.15) is 25.1 Å². The van der Waals surface area contributed by atoms with Gasteiger partial charge in [-0.2, -0.15) is 9.64 Å². The molecule has 2 aromatic heterocycles. The molecule has 21 heteroatoms. The molecule has 1 fully saturated rings. The average Bonchev–Trinajstić information content (AvgIpc) is 3.58. The second kappa shape index (κ2) is 13.4. The number of nitrogens with one attached hydrogen (secondary N) is 2. The van der Waals surface area contributed by atoms with Crippen LogP contribution in [0.3, 0.4) is 0 Å². The van der Waals surface area contributed by atoms with E-state index in [9.17, 15) is 34.7 Å². The molecule has 44 heavy (non-hydrogen) atoms.